The fourth-order valence-corrected chi connectivity index (χ4v) is 4.69. The van der Waals surface area contributed by atoms with E-state index in [9.17, 15) is 0 Å². The van der Waals surface area contributed by atoms with Gasteiger partial charge in [0.05, 0.1) is 11.4 Å². The van der Waals surface area contributed by atoms with E-state index < -0.39 is 0 Å². The molecule has 0 aliphatic rings. The Morgan fingerprint density at radius 1 is 1.00 bits per heavy atom. The zero-order valence-corrected chi connectivity index (χ0v) is 22.4. The molecule has 2 aromatic heterocycles. The predicted molar refractivity (Wildman–Crippen MR) is 148 cm³/mol. The monoisotopic (exact) mass is 498 g/mol. The number of hydrogen-bond acceptors (Lipinski definition) is 5. The molecule has 2 aromatic carbocycles. The first-order chi connectivity index (χ1) is 17.1. The number of nitrogens with zero attached hydrogens (tertiary/aromatic N) is 3. The maximum Gasteiger partial charge on any atom is 0.130 e. The number of aromatic nitrogens is 3. The average molecular weight is 499 g/mol. The topological polar surface area (TPSA) is 82.5 Å². The molecular formula is C29H34N6S. The Morgan fingerprint density at radius 2 is 1.69 bits per heavy atom. The highest BCUT2D eigenvalue weighted by Crippen LogP contribution is 2.31. The third kappa shape index (κ3) is 5.79. The van der Waals surface area contributed by atoms with E-state index in [1.54, 1.807) is 22.4 Å². The summed E-state index contributed by atoms with van der Waals surface area (Å²) in [6.45, 7) is 11.1. The smallest absolute Gasteiger partial charge is 0.130 e. The molecule has 0 aliphatic heterocycles. The van der Waals surface area contributed by atoms with Crippen molar-refractivity contribution in [1.29, 1.82) is 10.8 Å². The molecule has 0 saturated heterocycles. The van der Waals surface area contributed by atoms with Crippen LogP contribution in [0.25, 0.3) is 5.69 Å². The second-order valence-electron chi connectivity index (χ2n) is 10.1. The molecule has 2 heterocycles. The van der Waals surface area contributed by atoms with Crippen molar-refractivity contribution in [2.45, 2.75) is 56.4 Å². The highest BCUT2D eigenvalue weighted by molar-refractivity contribution is 7.99. The predicted octanol–water partition coefficient (Wildman–Crippen LogP) is 6.70. The molecule has 0 spiro atoms. The number of rotatable bonds is 7. The van der Waals surface area contributed by atoms with E-state index >= 15 is 0 Å². The van der Waals surface area contributed by atoms with Crippen LogP contribution in [0.1, 0.15) is 45.9 Å². The van der Waals surface area contributed by atoms with E-state index in [-0.39, 0.29) is 11.3 Å². The summed E-state index contributed by atoms with van der Waals surface area (Å²) in [7, 11) is 0. The molecule has 4 rings (SSSR count). The van der Waals surface area contributed by atoms with Crippen LogP contribution >= 0.6 is 11.8 Å². The van der Waals surface area contributed by atoms with Crippen molar-refractivity contribution in [1.82, 2.24) is 14.3 Å². The van der Waals surface area contributed by atoms with Crippen molar-refractivity contribution in [2.75, 3.05) is 5.32 Å². The number of para-hydroxylation sites is 1. The molecule has 4 aromatic rings. The van der Waals surface area contributed by atoms with E-state index in [0.717, 1.165) is 27.0 Å². The second-order valence-corrected chi connectivity index (χ2v) is 11.3. The Hall–Kier alpha value is -3.58. The lowest BCUT2D eigenvalue weighted by Gasteiger charge is -2.15. The van der Waals surface area contributed by atoms with Crippen molar-refractivity contribution in [3.63, 3.8) is 0 Å². The van der Waals surface area contributed by atoms with Gasteiger partial charge in [0.1, 0.15) is 17.1 Å². The molecule has 0 aliphatic carbocycles. The van der Waals surface area contributed by atoms with Crippen LogP contribution < -0.4 is 10.8 Å². The lowest BCUT2D eigenvalue weighted by Crippen LogP contribution is -2.28. The summed E-state index contributed by atoms with van der Waals surface area (Å²) in [5.41, 5.74) is 3.47. The van der Waals surface area contributed by atoms with Crippen LogP contribution in [0.15, 0.2) is 88.8 Å². The molecule has 0 fully saturated rings. The number of nitrogens with one attached hydrogen (secondary N) is 3. The van der Waals surface area contributed by atoms with Gasteiger partial charge in [-0.1, -0.05) is 82.8 Å². The zero-order chi connectivity index (χ0) is 25.9. The molecular weight excluding hydrogens is 464 g/mol. The molecule has 7 heteroatoms. The minimum Gasteiger partial charge on any atom is -0.366 e. The first-order valence-electron chi connectivity index (χ1n) is 12.1. The molecule has 0 saturated carbocycles. The molecule has 6 nitrogen and oxygen atoms in total. The van der Waals surface area contributed by atoms with Crippen LogP contribution in [0.4, 0.5) is 5.82 Å². The lowest BCUT2D eigenvalue weighted by molar-refractivity contribution is 0.560. The van der Waals surface area contributed by atoms with Gasteiger partial charge in [-0.2, -0.15) is 5.10 Å². The maximum absolute atomic E-state index is 8.36. The average Bonchev–Trinajstić information content (AvgIpc) is 3.30. The molecule has 186 valence electrons. The minimum atomic E-state index is -0.0622. The normalized spacial score (nSPS) is 11.6. The van der Waals surface area contributed by atoms with Crippen molar-refractivity contribution in [3.05, 3.63) is 95.7 Å². The van der Waals surface area contributed by atoms with Crippen LogP contribution in [0.3, 0.4) is 0 Å². The summed E-state index contributed by atoms with van der Waals surface area (Å²) in [6, 6.07) is 24.4. The second kappa shape index (κ2) is 10.6. The van der Waals surface area contributed by atoms with Crippen molar-refractivity contribution in [3.8, 4) is 5.69 Å². The van der Waals surface area contributed by atoms with Gasteiger partial charge in [0.25, 0.3) is 0 Å². The van der Waals surface area contributed by atoms with E-state index in [4.69, 9.17) is 15.9 Å². The van der Waals surface area contributed by atoms with Gasteiger partial charge < -0.3 is 5.32 Å². The van der Waals surface area contributed by atoms with Gasteiger partial charge in [-0.25, -0.2) is 4.68 Å². The Labute approximate surface area is 217 Å². The number of benzene rings is 2. The Balaban J connectivity index is 1.60. The largest absolute Gasteiger partial charge is 0.366 e. The van der Waals surface area contributed by atoms with Crippen molar-refractivity contribution >= 4 is 23.4 Å². The van der Waals surface area contributed by atoms with Gasteiger partial charge in [0.2, 0.25) is 0 Å². The van der Waals surface area contributed by atoms with E-state index in [1.807, 2.05) is 55.1 Å². The fraction of sp³-hybridized carbons (Fsp3) is 0.276. The van der Waals surface area contributed by atoms with Gasteiger partial charge in [0.15, 0.2) is 0 Å². The molecule has 0 radical (unpaired) electrons. The Kier molecular flexibility index (Phi) is 7.50. The first-order valence-corrected chi connectivity index (χ1v) is 13.0. The summed E-state index contributed by atoms with van der Waals surface area (Å²) < 4.78 is 3.63. The van der Waals surface area contributed by atoms with Crippen LogP contribution in [0.5, 0.6) is 0 Å². The highest BCUT2D eigenvalue weighted by Gasteiger charge is 2.20. The van der Waals surface area contributed by atoms with E-state index in [0.29, 0.717) is 17.9 Å². The molecule has 36 heavy (non-hydrogen) atoms. The van der Waals surface area contributed by atoms with Gasteiger partial charge in [0, 0.05) is 39.9 Å². The number of anilines is 1. The molecule has 0 atom stereocenters. The minimum absolute atomic E-state index is 0.0447. The van der Waals surface area contributed by atoms with Crippen molar-refractivity contribution in [2.24, 2.45) is 5.92 Å². The Bertz CT molecular complexity index is 1410. The van der Waals surface area contributed by atoms with Crippen molar-refractivity contribution < 1.29 is 0 Å². The van der Waals surface area contributed by atoms with Gasteiger partial charge in [-0.3, -0.25) is 15.4 Å². The van der Waals surface area contributed by atoms with Gasteiger partial charge >= 0.3 is 0 Å². The SMILES string of the molecule is CC(C)C(=N)n1cc(Sc2ccccc2CNc2cc(C(C)(C)C)nn2-c2ccccc2)ccc1=N. The standard InChI is InChI=1S/C29H34N6S/c1-20(2)28(31)34-19-23(15-16-26(34)30)36-24-14-10-9-11-21(24)18-32-27-17-25(29(3,4)5)33-35(27)22-12-7-6-8-13-22/h6-17,19-20,30-32H,18H2,1-5H3. The Morgan fingerprint density at radius 3 is 2.39 bits per heavy atom. The van der Waals surface area contributed by atoms with Gasteiger partial charge in [-0.15, -0.1) is 0 Å². The van der Waals surface area contributed by atoms with Crippen LogP contribution in [-0.2, 0) is 12.0 Å². The molecule has 0 amide bonds. The van der Waals surface area contributed by atoms with Crippen LogP contribution in [-0.4, -0.2) is 20.2 Å². The lowest BCUT2D eigenvalue weighted by atomic mass is 9.92. The number of hydrogen-bond donors (Lipinski definition) is 3. The highest BCUT2D eigenvalue weighted by atomic mass is 32.2. The third-order valence-electron chi connectivity index (χ3n) is 5.87. The molecule has 3 N–H and O–H groups in total. The summed E-state index contributed by atoms with van der Waals surface area (Å²) >= 11 is 1.65. The maximum atomic E-state index is 8.36. The van der Waals surface area contributed by atoms with Gasteiger partial charge in [-0.05, 0) is 35.9 Å². The summed E-state index contributed by atoms with van der Waals surface area (Å²) in [5, 5.41) is 25.1. The van der Waals surface area contributed by atoms with Crippen LogP contribution in [0.2, 0.25) is 0 Å². The molecule has 0 unspecified atom stereocenters. The summed E-state index contributed by atoms with van der Waals surface area (Å²) in [4.78, 5) is 2.13. The van der Waals surface area contributed by atoms with E-state index in [2.05, 4.69) is 62.5 Å². The van der Waals surface area contributed by atoms with Crippen LogP contribution in [0, 0.1) is 16.7 Å². The fourth-order valence-electron chi connectivity index (χ4n) is 3.72. The summed E-state index contributed by atoms with van der Waals surface area (Å²) in [6.07, 6.45) is 1.89. The third-order valence-corrected chi connectivity index (χ3v) is 6.96. The molecule has 0 bridgehead atoms. The van der Waals surface area contributed by atoms with E-state index in [1.165, 1.54) is 5.56 Å². The summed E-state index contributed by atoms with van der Waals surface area (Å²) in [5.74, 6) is 1.41. The first kappa shape index (κ1) is 25.5. The zero-order valence-electron chi connectivity index (χ0n) is 21.5. The quantitative estimate of drug-likeness (QED) is 0.196. The number of pyridine rings is 1.